The SMILES string of the molecule is COC(CNC(=O)C(=O)Nc1cccc(N2CCCCC2=O)c1)c1ccccc1Cl. The van der Waals surface area contributed by atoms with Crippen LogP contribution in [0.3, 0.4) is 0 Å². The second-order valence-corrected chi connectivity index (χ2v) is 7.37. The maximum atomic E-state index is 12.3. The first-order chi connectivity index (χ1) is 14.5. The van der Waals surface area contributed by atoms with Crippen LogP contribution in [-0.2, 0) is 19.1 Å². The van der Waals surface area contributed by atoms with Crippen LogP contribution in [0.4, 0.5) is 11.4 Å². The van der Waals surface area contributed by atoms with E-state index in [4.69, 9.17) is 16.3 Å². The number of carbonyl (C=O) groups excluding carboxylic acids is 3. The second kappa shape index (κ2) is 10.2. The summed E-state index contributed by atoms with van der Waals surface area (Å²) in [5, 5.41) is 5.66. The lowest BCUT2D eigenvalue weighted by Crippen LogP contribution is -2.38. The fraction of sp³-hybridized carbons (Fsp3) is 0.318. The monoisotopic (exact) mass is 429 g/mol. The Balaban J connectivity index is 1.59. The topological polar surface area (TPSA) is 87.7 Å². The van der Waals surface area contributed by atoms with E-state index in [-0.39, 0.29) is 12.5 Å². The molecule has 1 aliphatic heterocycles. The molecule has 1 heterocycles. The molecule has 1 aliphatic rings. The lowest BCUT2D eigenvalue weighted by Gasteiger charge is -2.27. The average Bonchev–Trinajstić information content (AvgIpc) is 2.75. The quantitative estimate of drug-likeness (QED) is 0.689. The summed E-state index contributed by atoms with van der Waals surface area (Å²) in [5.41, 5.74) is 1.87. The van der Waals surface area contributed by atoms with Gasteiger partial charge in [0, 0.05) is 48.6 Å². The summed E-state index contributed by atoms with van der Waals surface area (Å²) in [6.07, 6.45) is 1.87. The van der Waals surface area contributed by atoms with Gasteiger partial charge in [-0.25, -0.2) is 0 Å². The van der Waals surface area contributed by atoms with Crippen molar-refractivity contribution >= 4 is 40.7 Å². The van der Waals surface area contributed by atoms with Gasteiger partial charge in [-0.15, -0.1) is 0 Å². The van der Waals surface area contributed by atoms with E-state index in [1.54, 1.807) is 41.3 Å². The molecule has 3 amide bonds. The van der Waals surface area contributed by atoms with Crippen molar-refractivity contribution in [2.75, 3.05) is 30.4 Å². The predicted molar refractivity (Wildman–Crippen MR) is 115 cm³/mol. The van der Waals surface area contributed by atoms with Gasteiger partial charge >= 0.3 is 11.8 Å². The van der Waals surface area contributed by atoms with Crippen molar-refractivity contribution in [1.29, 1.82) is 0 Å². The van der Waals surface area contributed by atoms with Gasteiger partial charge in [0.2, 0.25) is 5.91 Å². The Hall–Kier alpha value is -2.90. The predicted octanol–water partition coefficient (Wildman–Crippen LogP) is 3.30. The van der Waals surface area contributed by atoms with Crippen molar-refractivity contribution in [3.8, 4) is 0 Å². The van der Waals surface area contributed by atoms with Gasteiger partial charge in [0.1, 0.15) is 6.10 Å². The lowest BCUT2D eigenvalue weighted by molar-refractivity contribution is -0.136. The first-order valence-electron chi connectivity index (χ1n) is 9.76. The van der Waals surface area contributed by atoms with Gasteiger partial charge in [-0.2, -0.15) is 0 Å². The fourth-order valence-electron chi connectivity index (χ4n) is 3.34. The molecule has 7 nitrogen and oxygen atoms in total. The minimum Gasteiger partial charge on any atom is -0.375 e. The highest BCUT2D eigenvalue weighted by molar-refractivity contribution is 6.39. The number of anilines is 2. The largest absolute Gasteiger partial charge is 0.375 e. The van der Waals surface area contributed by atoms with E-state index in [9.17, 15) is 14.4 Å². The number of amides is 3. The van der Waals surface area contributed by atoms with E-state index in [1.165, 1.54) is 7.11 Å². The Morgan fingerprint density at radius 1 is 1.13 bits per heavy atom. The number of hydrogen-bond acceptors (Lipinski definition) is 4. The number of benzene rings is 2. The summed E-state index contributed by atoms with van der Waals surface area (Å²) in [7, 11) is 1.51. The molecule has 0 spiro atoms. The number of hydrogen-bond donors (Lipinski definition) is 2. The zero-order chi connectivity index (χ0) is 21.5. The third-order valence-corrected chi connectivity index (χ3v) is 5.27. The highest BCUT2D eigenvalue weighted by Crippen LogP contribution is 2.25. The van der Waals surface area contributed by atoms with E-state index in [2.05, 4.69) is 10.6 Å². The van der Waals surface area contributed by atoms with Gasteiger partial charge in [0.15, 0.2) is 0 Å². The maximum absolute atomic E-state index is 12.3. The third-order valence-electron chi connectivity index (χ3n) is 4.93. The smallest absolute Gasteiger partial charge is 0.313 e. The highest BCUT2D eigenvalue weighted by Gasteiger charge is 2.21. The molecule has 2 N–H and O–H groups in total. The summed E-state index contributed by atoms with van der Waals surface area (Å²) < 4.78 is 5.39. The first kappa shape index (κ1) is 21.8. The fourth-order valence-corrected chi connectivity index (χ4v) is 3.60. The molecular formula is C22H24ClN3O4. The first-order valence-corrected chi connectivity index (χ1v) is 10.1. The van der Waals surface area contributed by atoms with Gasteiger partial charge in [0.05, 0.1) is 0 Å². The van der Waals surface area contributed by atoms with E-state index >= 15 is 0 Å². The summed E-state index contributed by atoms with van der Waals surface area (Å²) in [6.45, 7) is 0.742. The standard InChI is InChI=1S/C22H24ClN3O4/c1-30-19(17-9-2-3-10-18(17)23)14-24-21(28)22(29)25-15-7-6-8-16(13-15)26-12-5-4-11-20(26)27/h2-3,6-10,13,19H,4-5,11-12,14H2,1H3,(H,24,28)(H,25,29). The van der Waals surface area contributed by atoms with Crippen LogP contribution in [0, 0.1) is 0 Å². The Bertz CT molecular complexity index is 934. The van der Waals surface area contributed by atoms with Crippen molar-refractivity contribution in [1.82, 2.24) is 5.32 Å². The zero-order valence-electron chi connectivity index (χ0n) is 16.7. The molecule has 0 aliphatic carbocycles. The molecule has 1 atom stereocenters. The molecule has 0 aromatic heterocycles. The summed E-state index contributed by atoms with van der Waals surface area (Å²) in [5.74, 6) is -1.53. The molecule has 1 fully saturated rings. The lowest BCUT2D eigenvalue weighted by atomic mass is 10.1. The second-order valence-electron chi connectivity index (χ2n) is 6.96. The summed E-state index contributed by atoms with van der Waals surface area (Å²) >= 11 is 6.17. The molecule has 1 saturated heterocycles. The van der Waals surface area contributed by atoms with Gasteiger partial charge in [-0.05, 0) is 37.1 Å². The number of nitrogens with one attached hydrogen (secondary N) is 2. The number of rotatable bonds is 6. The van der Waals surface area contributed by atoms with Crippen molar-refractivity contribution in [2.45, 2.75) is 25.4 Å². The Morgan fingerprint density at radius 2 is 1.93 bits per heavy atom. The van der Waals surface area contributed by atoms with Crippen molar-refractivity contribution in [3.05, 3.63) is 59.1 Å². The molecule has 2 aromatic rings. The number of halogens is 1. The van der Waals surface area contributed by atoms with Crippen LogP contribution in [0.25, 0.3) is 0 Å². The maximum Gasteiger partial charge on any atom is 0.313 e. The van der Waals surface area contributed by atoms with E-state index in [0.717, 1.165) is 18.4 Å². The molecular weight excluding hydrogens is 406 g/mol. The molecule has 0 bridgehead atoms. The Morgan fingerprint density at radius 3 is 2.67 bits per heavy atom. The molecule has 1 unspecified atom stereocenters. The van der Waals surface area contributed by atoms with Gasteiger partial charge < -0.3 is 20.3 Å². The number of piperidine rings is 1. The molecule has 8 heteroatoms. The third kappa shape index (κ3) is 5.37. The van der Waals surface area contributed by atoms with Gasteiger partial charge in [-0.1, -0.05) is 35.9 Å². The summed E-state index contributed by atoms with van der Waals surface area (Å²) in [6, 6.07) is 14.1. The molecule has 0 radical (unpaired) electrons. The minimum atomic E-state index is -0.800. The average molecular weight is 430 g/mol. The zero-order valence-corrected chi connectivity index (χ0v) is 17.4. The van der Waals surface area contributed by atoms with E-state index in [0.29, 0.717) is 29.4 Å². The molecule has 3 rings (SSSR count). The summed E-state index contributed by atoms with van der Waals surface area (Å²) in [4.78, 5) is 38.4. The van der Waals surface area contributed by atoms with Crippen molar-refractivity contribution in [3.63, 3.8) is 0 Å². The highest BCUT2D eigenvalue weighted by atomic mass is 35.5. The van der Waals surface area contributed by atoms with E-state index in [1.807, 2.05) is 12.1 Å². The van der Waals surface area contributed by atoms with Crippen LogP contribution in [0.1, 0.15) is 30.9 Å². The number of nitrogens with zero attached hydrogens (tertiary/aromatic N) is 1. The molecule has 0 saturated carbocycles. The van der Waals surface area contributed by atoms with E-state index < -0.39 is 17.9 Å². The van der Waals surface area contributed by atoms with Crippen LogP contribution < -0.4 is 15.5 Å². The molecule has 158 valence electrons. The number of carbonyl (C=O) groups is 3. The number of ether oxygens (including phenoxy) is 1. The van der Waals surface area contributed by atoms with Crippen molar-refractivity contribution < 1.29 is 19.1 Å². The Labute approximate surface area is 180 Å². The van der Waals surface area contributed by atoms with Gasteiger partial charge in [-0.3, -0.25) is 14.4 Å². The molecule has 2 aromatic carbocycles. The molecule has 30 heavy (non-hydrogen) atoms. The minimum absolute atomic E-state index is 0.0626. The number of methoxy groups -OCH3 is 1. The normalized spacial score (nSPS) is 14.9. The Kier molecular flexibility index (Phi) is 7.43. The van der Waals surface area contributed by atoms with Crippen LogP contribution in [0.5, 0.6) is 0 Å². The van der Waals surface area contributed by atoms with Crippen LogP contribution in [-0.4, -0.2) is 37.9 Å². The van der Waals surface area contributed by atoms with Gasteiger partial charge in [0.25, 0.3) is 0 Å². The van der Waals surface area contributed by atoms with Crippen LogP contribution in [0.2, 0.25) is 5.02 Å². The van der Waals surface area contributed by atoms with Crippen LogP contribution >= 0.6 is 11.6 Å². The van der Waals surface area contributed by atoms with Crippen molar-refractivity contribution in [2.24, 2.45) is 0 Å². The van der Waals surface area contributed by atoms with Crippen LogP contribution in [0.15, 0.2) is 48.5 Å².